The standard InChI is InChI=1S/C22H26ClNO5.C21H24ClNO5.C14H19ClO4.C8H9NO2.Li.H2O/c1-5-17(6-2)29-19-13-15(12-18(20(19)23)28-7-3)21(25)24-16-10-8-14(9-11-16)22(26)27-4;1-4-16(5-2)28-18-12-14(11-17(19(18)22)27-6-3)20(24)23-15-9-7-13(8-10-15)21(25)26;1-4-10(5-2)19-12-8-9(14(16)17)7-11(13(12)15)18-6-3;1-11-8(10)6-2-4-7(9)5-3-6;;/h8-13,17H,5-7H2,1-4H3,(H,24,25);7-12,16H,4-6H2,1-3H3,(H,23,24)(H,25,26);7-8,10H,4-6H2,1-3H3,(H,16,17);2-5H,9H2,1H3;;1H2/q;;;;+1;/p-1. The van der Waals surface area contributed by atoms with Crippen molar-refractivity contribution in [2.45, 2.75) is 119 Å². The van der Waals surface area contributed by atoms with Crippen molar-refractivity contribution in [2.75, 3.05) is 50.4 Å². The van der Waals surface area contributed by atoms with Crippen molar-refractivity contribution in [1.29, 1.82) is 0 Å². The molecular weight excluding hydrogens is 1210 g/mol. The first-order chi connectivity index (χ1) is 41.6. The average Bonchev–Trinajstić information content (AvgIpc) is 3.59. The fourth-order valence-corrected chi connectivity index (χ4v) is 8.32. The molecule has 0 aliphatic heterocycles. The number of carboxylic acids is 2. The van der Waals surface area contributed by atoms with Gasteiger partial charge in [-0.2, -0.15) is 0 Å². The Balaban J connectivity index is 0.000000618. The van der Waals surface area contributed by atoms with Gasteiger partial charge >= 0.3 is 42.7 Å². The maximum absolute atomic E-state index is 12.8. The van der Waals surface area contributed by atoms with E-state index in [1.807, 2.05) is 62.3 Å². The van der Waals surface area contributed by atoms with Crippen molar-refractivity contribution < 1.29 is 101 Å². The van der Waals surface area contributed by atoms with Gasteiger partial charge in [0, 0.05) is 28.2 Å². The van der Waals surface area contributed by atoms with Gasteiger partial charge in [0.25, 0.3) is 11.8 Å². The number of ether oxygens (including phenoxy) is 8. The minimum Gasteiger partial charge on any atom is -0.870 e. The molecule has 0 fully saturated rings. The number of methoxy groups -OCH3 is 2. The number of hydrogen-bond acceptors (Lipinski definition) is 16. The van der Waals surface area contributed by atoms with E-state index in [4.69, 9.17) is 79.2 Å². The summed E-state index contributed by atoms with van der Waals surface area (Å²) in [5, 5.41) is 24.6. The van der Waals surface area contributed by atoms with Crippen LogP contribution in [-0.2, 0) is 9.47 Å². The number of carboxylic acid groups (broad SMARTS) is 2. The Morgan fingerprint density at radius 1 is 0.416 bits per heavy atom. The van der Waals surface area contributed by atoms with E-state index in [1.54, 1.807) is 72.8 Å². The van der Waals surface area contributed by atoms with E-state index in [2.05, 4.69) is 20.1 Å². The first-order valence-electron chi connectivity index (χ1n) is 28.3. The first kappa shape index (κ1) is 79.2. The number of rotatable bonds is 26. The molecule has 2 amide bonds. The molecule has 0 atom stereocenters. The topological polar surface area (TPSA) is 297 Å². The van der Waals surface area contributed by atoms with Crippen LogP contribution in [0.1, 0.15) is 163 Å². The van der Waals surface area contributed by atoms with Gasteiger partial charge < -0.3 is 70.0 Å². The average molecular weight is 1290 g/mol. The summed E-state index contributed by atoms with van der Waals surface area (Å²) in [4.78, 5) is 69.9. The number of nitrogens with two attached hydrogens (primary N) is 1. The number of nitrogens with one attached hydrogen (secondary N) is 2. The van der Waals surface area contributed by atoms with Crippen LogP contribution in [0, 0.1) is 0 Å². The number of anilines is 3. The molecular formula is C65H79Cl3LiN3O17. The van der Waals surface area contributed by atoms with Crippen LogP contribution in [0.15, 0.2) is 109 Å². The minimum atomic E-state index is -1.04. The number of carbonyl (C=O) groups excluding carboxylic acids is 4. The van der Waals surface area contributed by atoms with E-state index in [0.29, 0.717) is 109 Å². The molecule has 6 rings (SSSR count). The van der Waals surface area contributed by atoms with E-state index in [9.17, 15) is 28.8 Å². The molecule has 0 spiro atoms. The van der Waals surface area contributed by atoms with Crippen LogP contribution >= 0.6 is 34.8 Å². The van der Waals surface area contributed by atoms with Gasteiger partial charge in [-0.3, -0.25) is 9.59 Å². The van der Waals surface area contributed by atoms with Gasteiger partial charge in [0.2, 0.25) is 0 Å². The van der Waals surface area contributed by atoms with E-state index < -0.39 is 17.9 Å². The number of amides is 2. The molecule has 20 nitrogen and oxygen atoms in total. The van der Waals surface area contributed by atoms with Crippen molar-refractivity contribution in [3.63, 3.8) is 0 Å². The number of aromatic carboxylic acids is 2. The monoisotopic (exact) mass is 1290 g/mol. The third-order valence-electron chi connectivity index (χ3n) is 12.6. The summed E-state index contributed by atoms with van der Waals surface area (Å²) < 4.78 is 43.3. The number of carbonyl (C=O) groups is 6. The molecule has 6 aromatic carbocycles. The Morgan fingerprint density at radius 3 is 0.944 bits per heavy atom. The number of benzene rings is 6. The van der Waals surface area contributed by atoms with E-state index in [1.165, 1.54) is 50.6 Å². The predicted octanol–water partition coefficient (Wildman–Crippen LogP) is 12.5. The van der Waals surface area contributed by atoms with Gasteiger partial charge in [-0.15, -0.1) is 0 Å². The molecule has 0 aliphatic carbocycles. The third kappa shape index (κ3) is 25.3. The summed E-state index contributed by atoms with van der Waals surface area (Å²) in [6.07, 6.45) is 4.89. The van der Waals surface area contributed by atoms with Gasteiger partial charge in [0.15, 0.2) is 0 Å². The predicted molar refractivity (Wildman–Crippen MR) is 341 cm³/mol. The molecule has 0 saturated heterocycles. The van der Waals surface area contributed by atoms with Gasteiger partial charge in [-0.05, 0) is 168 Å². The molecule has 6 aromatic rings. The smallest absolute Gasteiger partial charge is 0.870 e. The van der Waals surface area contributed by atoms with Gasteiger partial charge in [-0.1, -0.05) is 76.3 Å². The van der Waals surface area contributed by atoms with Crippen LogP contribution < -0.4 is 63.6 Å². The molecule has 0 unspecified atom stereocenters. The van der Waals surface area contributed by atoms with Gasteiger partial charge in [0.1, 0.15) is 49.6 Å². The zero-order valence-corrected chi connectivity index (χ0v) is 54.5. The molecule has 89 heavy (non-hydrogen) atoms. The Hall–Kier alpha value is -7.83. The third-order valence-corrected chi connectivity index (χ3v) is 13.7. The van der Waals surface area contributed by atoms with Crippen molar-refractivity contribution >= 4 is 87.6 Å². The molecule has 0 saturated carbocycles. The second-order valence-electron chi connectivity index (χ2n) is 18.6. The molecule has 0 aliphatic rings. The second kappa shape index (κ2) is 41.4. The fourth-order valence-electron chi connectivity index (χ4n) is 7.69. The Bertz CT molecular complexity index is 3200. The van der Waals surface area contributed by atoms with Crippen molar-refractivity contribution in [3.05, 3.63) is 158 Å². The number of esters is 2. The Kier molecular flexibility index (Phi) is 36.8. The number of nitrogen functional groups attached to an aromatic ring is 1. The summed E-state index contributed by atoms with van der Waals surface area (Å²) in [6, 6.07) is 28.1. The molecule has 0 heterocycles. The quantitative estimate of drug-likeness (QED) is 0.0191. The molecule has 0 radical (unpaired) electrons. The first-order valence-corrected chi connectivity index (χ1v) is 29.4. The summed E-state index contributed by atoms with van der Waals surface area (Å²) >= 11 is 19.0. The van der Waals surface area contributed by atoms with Crippen molar-refractivity contribution in [2.24, 2.45) is 0 Å². The fraction of sp³-hybridized carbons (Fsp3) is 0.354. The summed E-state index contributed by atoms with van der Waals surface area (Å²) in [5.74, 6) is -1.29. The maximum Gasteiger partial charge on any atom is 1.00 e. The number of halogens is 3. The molecule has 24 heteroatoms. The van der Waals surface area contributed by atoms with Crippen molar-refractivity contribution in [1.82, 2.24) is 0 Å². The van der Waals surface area contributed by atoms with Crippen molar-refractivity contribution in [3.8, 4) is 34.5 Å². The minimum absolute atomic E-state index is 0. The molecule has 0 aromatic heterocycles. The van der Waals surface area contributed by atoms with Crippen LogP contribution in [0.5, 0.6) is 34.5 Å². The Morgan fingerprint density at radius 2 is 0.674 bits per heavy atom. The van der Waals surface area contributed by atoms with Gasteiger partial charge in [0.05, 0.1) is 74.6 Å². The largest absolute Gasteiger partial charge is 1.00 e. The normalized spacial score (nSPS) is 10.2. The zero-order chi connectivity index (χ0) is 64.8. The Labute approximate surface area is 547 Å². The van der Waals surface area contributed by atoms with Crippen LogP contribution in [0.2, 0.25) is 15.1 Å². The second-order valence-corrected chi connectivity index (χ2v) is 19.7. The van der Waals surface area contributed by atoms with E-state index in [0.717, 1.165) is 38.5 Å². The zero-order valence-electron chi connectivity index (χ0n) is 52.3. The van der Waals surface area contributed by atoms with Crippen LogP contribution in [0.4, 0.5) is 17.1 Å². The van der Waals surface area contributed by atoms with Crippen LogP contribution in [-0.4, -0.2) is 104 Å². The number of hydrogen-bond donors (Lipinski definition) is 5. The van der Waals surface area contributed by atoms with Crippen LogP contribution in [0.3, 0.4) is 0 Å². The van der Waals surface area contributed by atoms with E-state index in [-0.39, 0.29) is 71.6 Å². The SMILES string of the molecule is CCOc1cc(C(=O)Nc2ccc(C(=O)O)cc2)cc(OC(CC)CC)c1Cl.CCOc1cc(C(=O)Nc2ccc(C(=O)OC)cc2)cc(OC(CC)CC)c1Cl.CCOc1cc(C(=O)O)cc(OC(CC)CC)c1Cl.COC(=O)c1ccc(N)cc1.[Li+].[OH-]. The summed E-state index contributed by atoms with van der Waals surface area (Å²) in [6.45, 7) is 18.8. The maximum atomic E-state index is 12.8. The van der Waals surface area contributed by atoms with Gasteiger partial charge in [-0.25, -0.2) is 19.2 Å². The van der Waals surface area contributed by atoms with Crippen LogP contribution in [0.25, 0.3) is 0 Å². The molecule has 0 bridgehead atoms. The van der Waals surface area contributed by atoms with E-state index >= 15 is 0 Å². The summed E-state index contributed by atoms with van der Waals surface area (Å²) in [7, 11) is 2.66. The summed E-state index contributed by atoms with van der Waals surface area (Å²) in [5.41, 5.74) is 8.92. The molecule has 7 N–H and O–H groups in total. The molecule has 478 valence electrons.